The highest BCUT2D eigenvalue weighted by atomic mass is 16.5. The fourth-order valence-electron chi connectivity index (χ4n) is 3.22. The predicted molar refractivity (Wildman–Crippen MR) is 104 cm³/mol. The third-order valence-electron chi connectivity index (χ3n) is 4.69. The number of fused-ring (bicyclic) bond motifs is 1. The minimum absolute atomic E-state index is 0.0266. The van der Waals surface area contributed by atoms with E-state index in [2.05, 4.69) is 10.3 Å². The number of amides is 3. The maximum Gasteiger partial charge on any atom is 0.325 e. The summed E-state index contributed by atoms with van der Waals surface area (Å²) < 4.78 is 7.04. The topological polar surface area (TPSA) is 79.2 Å². The average molecular weight is 379 g/mol. The van der Waals surface area contributed by atoms with Crippen LogP contribution in [0.4, 0.5) is 10.5 Å². The van der Waals surface area contributed by atoms with Crippen molar-refractivity contribution >= 4 is 23.3 Å². The van der Waals surface area contributed by atoms with Crippen LogP contribution in [-0.2, 0) is 11.3 Å². The molecule has 1 fully saturated rings. The number of nitrogens with zero attached hydrogens (tertiary/aromatic N) is 4. The van der Waals surface area contributed by atoms with Crippen LogP contribution in [0, 0.1) is 0 Å². The second-order valence-corrected chi connectivity index (χ2v) is 6.53. The molecule has 144 valence electrons. The van der Waals surface area contributed by atoms with Gasteiger partial charge in [0.2, 0.25) is 5.91 Å². The van der Waals surface area contributed by atoms with Crippen LogP contribution < -0.4 is 15.0 Å². The molecule has 8 heteroatoms. The molecule has 0 unspecified atom stereocenters. The van der Waals surface area contributed by atoms with Gasteiger partial charge in [0.05, 0.1) is 19.3 Å². The number of hydrogen-bond acceptors (Lipinski definition) is 4. The van der Waals surface area contributed by atoms with Gasteiger partial charge < -0.3 is 19.4 Å². The van der Waals surface area contributed by atoms with E-state index in [9.17, 15) is 9.59 Å². The molecule has 0 aliphatic carbocycles. The van der Waals surface area contributed by atoms with Gasteiger partial charge in [0.15, 0.2) is 0 Å². The largest absolute Gasteiger partial charge is 0.497 e. The highest BCUT2D eigenvalue weighted by molar-refractivity contribution is 5.96. The summed E-state index contributed by atoms with van der Waals surface area (Å²) in [6, 6.07) is 12.9. The molecule has 8 nitrogen and oxygen atoms in total. The summed E-state index contributed by atoms with van der Waals surface area (Å²) in [5, 5.41) is 2.83. The molecule has 1 N–H and O–H groups in total. The lowest BCUT2D eigenvalue weighted by Crippen LogP contribution is -2.39. The van der Waals surface area contributed by atoms with Gasteiger partial charge in [-0.1, -0.05) is 6.07 Å². The minimum atomic E-state index is -0.206. The third-order valence-corrected chi connectivity index (χ3v) is 4.69. The molecule has 1 aliphatic rings. The number of methoxy groups -OCH3 is 1. The number of anilines is 1. The number of carbonyl (C=O) groups is 2. The number of ether oxygens (including phenoxy) is 1. The van der Waals surface area contributed by atoms with Crippen LogP contribution in [-0.4, -0.2) is 53.0 Å². The molecule has 4 rings (SSSR count). The van der Waals surface area contributed by atoms with Gasteiger partial charge in [0, 0.05) is 31.2 Å². The summed E-state index contributed by atoms with van der Waals surface area (Å²) in [6.07, 6.45) is 3.78. The summed E-state index contributed by atoms with van der Waals surface area (Å²) in [5.41, 5.74) is 2.39. The number of aromatic nitrogens is 2. The van der Waals surface area contributed by atoms with Crippen molar-refractivity contribution in [1.82, 2.24) is 19.6 Å². The number of rotatable bonds is 6. The first-order valence-electron chi connectivity index (χ1n) is 9.04. The van der Waals surface area contributed by atoms with Crippen LogP contribution in [0.15, 0.2) is 54.9 Å². The SMILES string of the molecule is COc1ccc(N2CCN(CC(=O)NCc3cn4ccccc4n3)C2=O)cc1. The zero-order chi connectivity index (χ0) is 19.5. The number of carbonyl (C=O) groups excluding carboxylic acids is 2. The monoisotopic (exact) mass is 379 g/mol. The van der Waals surface area contributed by atoms with E-state index in [1.165, 1.54) is 0 Å². The van der Waals surface area contributed by atoms with E-state index in [1.807, 2.05) is 59.3 Å². The Kier molecular flexibility index (Phi) is 4.84. The highest BCUT2D eigenvalue weighted by Gasteiger charge is 2.30. The quantitative estimate of drug-likeness (QED) is 0.710. The Morgan fingerprint density at radius 1 is 1.18 bits per heavy atom. The predicted octanol–water partition coefficient (Wildman–Crippen LogP) is 1.90. The maximum absolute atomic E-state index is 12.6. The number of nitrogens with one attached hydrogen (secondary N) is 1. The Hall–Kier alpha value is -3.55. The third kappa shape index (κ3) is 3.62. The molecule has 0 saturated carbocycles. The summed E-state index contributed by atoms with van der Waals surface area (Å²) in [7, 11) is 1.60. The Morgan fingerprint density at radius 2 is 2.00 bits per heavy atom. The molecule has 1 aromatic carbocycles. The van der Waals surface area contributed by atoms with Crippen LogP contribution in [0.5, 0.6) is 5.75 Å². The molecule has 0 radical (unpaired) electrons. The van der Waals surface area contributed by atoms with E-state index in [4.69, 9.17) is 4.74 Å². The second-order valence-electron chi connectivity index (χ2n) is 6.53. The van der Waals surface area contributed by atoms with Crippen molar-refractivity contribution in [1.29, 1.82) is 0 Å². The number of hydrogen-bond donors (Lipinski definition) is 1. The maximum atomic E-state index is 12.6. The van der Waals surface area contributed by atoms with E-state index in [0.29, 0.717) is 19.6 Å². The lowest BCUT2D eigenvalue weighted by Gasteiger charge is -2.18. The molecule has 0 bridgehead atoms. The fourth-order valence-corrected chi connectivity index (χ4v) is 3.22. The van der Waals surface area contributed by atoms with Gasteiger partial charge in [-0.2, -0.15) is 0 Å². The first-order valence-corrected chi connectivity index (χ1v) is 9.04. The number of benzene rings is 1. The van der Waals surface area contributed by atoms with Crippen molar-refractivity contribution in [3.05, 3.63) is 60.6 Å². The Labute approximate surface area is 162 Å². The molecular weight excluding hydrogens is 358 g/mol. The molecule has 1 saturated heterocycles. The summed E-state index contributed by atoms with van der Waals surface area (Å²) in [6.45, 7) is 1.40. The normalized spacial score (nSPS) is 14.0. The van der Waals surface area contributed by atoms with Crippen molar-refractivity contribution in [3.8, 4) is 5.75 Å². The van der Waals surface area contributed by atoms with Crippen LogP contribution >= 0.6 is 0 Å². The van der Waals surface area contributed by atoms with E-state index < -0.39 is 0 Å². The second kappa shape index (κ2) is 7.59. The molecule has 1 aliphatic heterocycles. The van der Waals surface area contributed by atoms with Crippen LogP contribution in [0.25, 0.3) is 5.65 Å². The first-order chi connectivity index (χ1) is 13.6. The fraction of sp³-hybridized carbons (Fsp3) is 0.250. The van der Waals surface area contributed by atoms with Crippen molar-refractivity contribution in [2.45, 2.75) is 6.54 Å². The van der Waals surface area contributed by atoms with Crippen molar-refractivity contribution < 1.29 is 14.3 Å². The van der Waals surface area contributed by atoms with Gasteiger partial charge in [-0.25, -0.2) is 9.78 Å². The zero-order valence-corrected chi connectivity index (χ0v) is 15.5. The lowest BCUT2D eigenvalue weighted by molar-refractivity contribution is -0.121. The number of pyridine rings is 1. The molecular formula is C20H21N5O3. The molecule has 2 aromatic heterocycles. The average Bonchev–Trinajstić information content (AvgIpc) is 3.30. The van der Waals surface area contributed by atoms with Gasteiger partial charge in [-0.15, -0.1) is 0 Å². The summed E-state index contributed by atoms with van der Waals surface area (Å²) in [4.78, 5) is 32.6. The van der Waals surface area contributed by atoms with Crippen LogP contribution in [0.1, 0.15) is 5.69 Å². The first kappa shape index (κ1) is 17.8. The minimum Gasteiger partial charge on any atom is -0.497 e. The Balaban J connectivity index is 1.32. The van der Waals surface area contributed by atoms with E-state index in [1.54, 1.807) is 16.9 Å². The lowest BCUT2D eigenvalue weighted by atomic mass is 10.3. The van der Waals surface area contributed by atoms with Crippen molar-refractivity contribution in [2.75, 3.05) is 31.6 Å². The molecule has 3 amide bonds. The smallest absolute Gasteiger partial charge is 0.325 e. The van der Waals surface area contributed by atoms with Crippen LogP contribution in [0.2, 0.25) is 0 Å². The number of urea groups is 1. The van der Waals surface area contributed by atoms with Crippen molar-refractivity contribution in [2.24, 2.45) is 0 Å². The molecule has 0 atom stereocenters. The van der Waals surface area contributed by atoms with E-state index in [-0.39, 0.29) is 18.5 Å². The van der Waals surface area contributed by atoms with Gasteiger partial charge in [0.25, 0.3) is 0 Å². The van der Waals surface area contributed by atoms with E-state index in [0.717, 1.165) is 22.8 Å². The summed E-state index contributed by atoms with van der Waals surface area (Å²) in [5.74, 6) is 0.528. The Morgan fingerprint density at radius 3 is 2.75 bits per heavy atom. The van der Waals surface area contributed by atoms with Gasteiger partial charge in [-0.3, -0.25) is 9.69 Å². The standard InChI is InChI=1S/C20H21N5O3/c1-28-17-7-5-16(6-8-17)25-11-10-24(20(25)27)14-19(26)21-12-15-13-23-9-3-2-4-18(23)22-15/h2-9,13H,10-12,14H2,1H3,(H,21,26). The van der Waals surface area contributed by atoms with Gasteiger partial charge in [0.1, 0.15) is 17.9 Å². The Bertz CT molecular complexity index is 966. The van der Waals surface area contributed by atoms with Crippen molar-refractivity contribution in [3.63, 3.8) is 0 Å². The molecule has 3 heterocycles. The van der Waals surface area contributed by atoms with Crippen LogP contribution in [0.3, 0.4) is 0 Å². The number of imidazole rings is 1. The van der Waals surface area contributed by atoms with E-state index >= 15 is 0 Å². The zero-order valence-electron chi connectivity index (χ0n) is 15.5. The highest BCUT2D eigenvalue weighted by Crippen LogP contribution is 2.23. The molecule has 28 heavy (non-hydrogen) atoms. The summed E-state index contributed by atoms with van der Waals surface area (Å²) >= 11 is 0. The van der Waals surface area contributed by atoms with Gasteiger partial charge in [-0.05, 0) is 36.4 Å². The van der Waals surface area contributed by atoms with Gasteiger partial charge >= 0.3 is 6.03 Å². The molecule has 0 spiro atoms. The molecule has 3 aromatic rings.